The van der Waals surface area contributed by atoms with Crippen LogP contribution in [0.25, 0.3) is 0 Å². The molecule has 0 radical (unpaired) electrons. The quantitative estimate of drug-likeness (QED) is 0.845. The number of carbonyl (C=O) groups is 1. The molecule has 0 unspecified atom stereocenters. The maximum Gasteiger partial charge on any atom is 0.242 e. The summed E-state index contributed by atoms with van der Waals surface area (Å²) in [6.07, 6.45) is 5.96. The van der Waals surface area contributed by atoms with Gasteiger partial charge >= 0.3 is 0 Å². The zero-order valence-electron chi connectivity index (χ0n) is 12.4. The lowest BCUT2D eigenvalue weighted by atomic mass is 10.0. The highest BCUT2D eigenvalue weighted by Gasteiger charge is 2.15. The topological polar surface area (TPSA) is 85.8 Å². The number of rotatable bonds is 6. The standard InChI is InChI=1S/C15H21N5O/c1-11(2)9-13(16)15(21)18-14-5-8-20(19-14)10-12-3-6-17-7-4-12/h3-8,11,13H,9-10,16H2,1-2H3,(H,18,19,21)/t13-/m0/s1. The fourth-order valence-corrected chi connectivity index (χ4v) is 2.03. The smallest absolute Gasteiger partial charge is 0.242 e. The number of hydrogen-bond acceptors (Lipinski definition) is 4. The summed E-state index contributed by atoms with van der Waals surface area (Å²) in [5, 5.41) is 7.06. The van der Waals surface area contributed by atoms with Crippen LogP contribution in [0.1, 0.15) is 25.8 Å². The molecule has 0 aromatic carbocycles. The van der Waals surface area contributed by atoms with Crippen LogP contribution in [0.15, 0.2) is 36.8 Å². The average molecular weight is 287 g/mol. The Morgan fingerprint density at radius 2 is 2.05 bits per heavy atom. The van der Waals surface area contributed by atoms with Crippen molar-refractivity contribution in [3.8, 4) is 0 Å². The van der Waals surface area contributed by atoms with Gasteiger partial charge in [-0.15, -0.1) is 0 Å². The Morgan fingerprint density at radius 1 is 1.33 bits per heavy atom. The molecule has 2 rings (SSSR count). The lowest BCUT2D eigenvalue weighted by Crippen LogP contribution is -2.36. The number of nitrogens with zero attached hydrogens (tertiary/aromatic N) is 3. The van der Waals surface area contributed by atoms with E-state index in [1.165, 1.54) is 0 Å². The number of amides is 1. The minimum absolute atomic E-state index is 0.196. The molecule has 2 aromatic heterocycles. The Hall–Kier alpha value is -2.21. The van der Waals surface area contributed by atoms with E-state index in [9.17, 15) is 4.79 Å². The molecule has 6 heteroatoms. The fraction of sp³-hybridized carbons (Fsp3) is 0.400. The van der Waals surface area contributed by atoms with E-state index in [0.717, 1.165) is 5.56 Å². The zero-order valence-corrected chi connectivity index (χ0v) is 12.4. The number of nitrogens with one attached hydrogen (secondary N) is 1. The third kappa shape index (κ3) is 4.68. The van der Waals surface area contributed by atoms with E-state index < -0.39 is 6.04 Å². The Labute approximate surface area is 124 Å². The first-order chi connectivity index (χ1) is 10.0. The van der Waals surface area contributed by atoms with Crippen LogP contribution in [0, 0.1) is 5.92 Å². The molecule has 1 amide bonds. The number of nitrogens with two attached hydrogens (primary N) is 1. The van der Waals surface area contributed by atoms with E-state index >= 15 is 0 Å². The fourth-order valence-electron chi connectivity index (χ4n) is 2.03. The molecule has 6 nitrogen and oxygen atoms in total. The lowest BCUT2D eigenvalue weighted by Gasteiger charge is -2.12. The first-order valence-electron chi connectivity index (χ1n) is 7.03. The second-order valence-electron chi connectivity index (χ2n) is 5.48. The summed E-state index contributed by atoms with van der Waals surface area (Å²) in [7, 11) is 0. The number of anilines is 1. The Morgan fingerprint density at radius 3 is 2.71 bits per heavy atom. The SMILES string of the molecule is CC(C)C[C@H](N)C(=O)Nc1ccn(Cc2ccncc2)n1. The molecule has 0 spiro atoms. The molecule has 0 saturated carbocycles. The van der Waals surface area contributed by atoms with Crippen LogP contribution in [-0.4, -0.2) is 26.7 Å². The van der Waals surface area contributed by atoms with Crippen LogP contribution < -0.4 is 11.1 Å². The van der Waals surface area contributed by atoms with Crippen LogP contribution in [0.3, 0.4) is 0 Å². The number of pyridine rings is 1. The van der Waals surface area contributed by atoms with Crippen LogP contribution in [0.4, 0.5) is 5.82 Å². The summed E-state index contributed by atoms with van der Waals surface area (Å²) in [5.41, 5.74) is 6.94. The zero-order chi connectivity index (χ0) is 15.2. The van der Waals surface area contributed by atoms with Crippen molar-refractivity contribution in [2.45, 2.75) is 32.9 Å². The van der Waals surface area contributed by atoms with Gasteiger partial charge in [0.05, 0.1) is 12.6 Å². The number of aromatic nitrogens is 3. The second kappa shape index (κ2) is 6.99. The van der Waals surface area contributed by atoms with E-state index in [0.29, 0.717) is 24.7 Å². The van der Waals surface area contributed by atoms with Crippen molar-refractivity contribution in [2.75, 3.05) is 5.32 Å². The van der Waals surface area contributed by atoms with Crippen molar-refractivity contribution >= 4 is 11.7 Å². The maximum atomic E-state index is 11.9. The lowest BCUT2D eigenvalue weighted by molar-refractivity contribution is -0.117. The predicted octanol–water partition coefficient (Wildman–Crippen LogP) is 1.64. The van der Waals surface area contributed by atoms with E-state index in [1.807, 2.05) is 32.2 Å². The number of hydrogen-bond donors (Lipinski definition) is 2. The molecule has 0 saturated heterocycles. The predicted molar refractivity (Wildman–Crippen MR) is 81.6 cm³/mol. The average Bonchev–Trinajstić information content (AvgIpc) is 2.86. The van der Waals surface area contributed by atoms with Gasteiger partial charge in [0.25, 0.3) is 0 Å². The summed E-state index contributed by atoms with van der Waals surface area (Å²) in [6.45, 7) is 4.71. The van der Waals surface area contributed by atoms with Gasteiger partial charge in [0.1, 0.15) is 0 Å². The summed E-state index contributed by atoms with van der Waals surface area (Å²) in [4.78, 5) is 15.9. The summed E-state index contributed by atoms with van der Waals surface area (Å²) < 4.78 is 1.76. The molecule has 0 fully saturated rings. The van der Waals surface area contributed by atoms with Gasteiger partial charge in [-0.3, -0.25) is 14.5 Å². The normalized spacial score (nSPS) is 12.4. The van der Waals surface area contributed by atoms with Crippen LogP contribution in [0.5, 0.6) is 0 Å². The van der Waals surface area contributed by atoms with Gasteiger partial charge in [-0.25, -0.2) is 0 Å². The largest absolute Gasteiger partial charge is 0.320 e. The molecule has 3 N–H and O–H groups in total. The van der Waals surface area contributed by atoms with Gasteiger partial charge in [-0.05, 0) is 30.0 Å². The molecular weight excluding hydrogens is 266 g/mol. The minimum Gasteiger partial charge on any atom is -0.320 e. The minimum atomic E-state index is -0.504. The molecule has 0 aliphatic rings. The molecule has 1 atom stereocenters. The molecule has 112 valence electrons. The second-order valence-corrected chi connectivity index (χ2v) is 5.48. The summed E-state index contributed by atoms with van der Waals surface area (Å²) in [5.74, 6) is 0.709. The van der Waals surface area contributed by atoms with E-state index in [-0.39, 0.29) is 5.91 Å². The Balaban J connectivity index is 1.92. The maximum absolute atomic E-state index is 11.9. The van der Waals surface area contributed by atoms with Crippen LogP contribution >= 0.6 is 0 Å². The van der Waals surface area contributed by atoms with Crippen molar-refractivity contribution < 1.29 is 4.79 Å². The van der Waals surface area contributed by atoms with Gasteiger partial charge in [-0.1, -0.05) is 13.8 Å². The molecule has 0 aliphatic carbocycles. The molecule has 0 bridgehead atoms. The van der Waals surface area contributed by atoms with Crippen molar-refractivity contribution in [2.24, 2.45) is 11.7 Å². The van der Waals surface area contributed by atoms with Crippen molar-refractivity contribution in [3.63, 3.8) is 0 Å². The van der Waals surface area contributed by atoms with Gasteiger partial charge in [0.2, 0.25) is 5.91 Å². The third-order valence-electron chi connectivity index (χ3n) is 3.05. The van der Waals surface area contributed by atoms with Gasteiger partial charge < -0.3 is 11.1 Å². The van der Waals surface area contributed by atoms with Crippen molar-refractivity contribution in [3.05, 3.63) is 42.4 Å². The highest BCUT2D eigenvalue weighted by molar-refractivity contribution is 5.93. The first kappa shape index (κ1) is 15.2. The summed E-state index contributed by atoms with van der Waals surface area (Å²) in [6, 6.07) is 5.12. The highest BCUT2D eigenvalue weighted by atomic mass is 16.2. The van der Waals surface area contributed by atoms with Crippen molar-refractivity contribution in [1.82, 2.24) is 14.8 Å². The van der Waals surface area contributed by atoms with Gasteiger partial charge in [0, 0.05) is 24.7 Å². The summed E-state index contributed by atoms with van der Waals surface area (Å²) >= 11 is 0. The third-order valence-corrected chi connectivity index (χ3v) is 3.05. The first-order valence-corrected chi connectivity index (χ1v) is 7.03. The molecule has 0 aliphatic heterocycles. The van der Waals surface area contributed by atoms with Gasteiger partial charge in [-0.2, -0.15) is 5.10 Å². The van der Waals surface area contributed by atoms with E-state index in [2.05, 4.69) is 15.4 Å². The Bertz CT molecular complexity index is 579. The molecule has 21 heavy (non-hydrogen) atoms. The highest BCUT2D eigenvalue weighted by Crippen LogP contribution is 2.08. The van der Waals surface area contributed by atoms with E-state index in [4.69, 9.17) is 5.73 Å². The van der Waals surface area contributed by atoms with Crippen LogP contribution in [0.2, 0.25) is 0 Å². The van der Waals surface area contributed by atoms with Gasteiger partial charge in [0.15, 0.2) is 5.82 Å². The monoisotopic (exact) mass is 287 g/mol. The Kier molecular flexibility index (Phi) is 5.05. The number of carbonyl (C=O) groups excluding carboxylic acids is 1. The molecular formula is C15H21N5O. The molecule has 2 aromatic rings. The van der Waals surface area contributed by atoms with E-state index in [1.54, 1.807) is 23.1 Å². The van der Waals surface area contributed by atoms with Crippen molar-refractivity contribution in [1.29, 1.82) is 0 Å². The molecule has 2 heterocycles. The van der Waals surface area contributed by atoms with Crippen LogP contribution in [-0.2, 0) is 11.3 Å².